The number of rotatable bonds is 5. The average Bonchev–Trinajstić information content (AvgIpc) is 2.26. The summed E-state index contributed by atoms with van der Waals surface area (Å²) in [5.74, 6) is -0.884. The van der Waals surface area contributed by atoms with E-state index in [1.165, 1.54) is 18.3 Å². The Hall–Kier alpha value is -2.11. The lowest BCUT2D eigenvalue weighted by Crippen LogP contribution is -2.22. The molecule has 16 heavy (non-hydrogen) atoms. The van der Waals surface area contributed by atoms with Gasteiger partial charge in [-0.15, -0.1) is 0 Å². The quantitative estimate of drug-likeness (QED) is 0.737. The van der Waals surface area contributed by atoms with Crippen molar-refractivity contribution in [1.82, 2.24) is 4.98 Å². The van der Waals surface area contributed by atoms with Gasteiger partial charge in [0.05, 0.1) is 6.42 Å². The van der Waals surface area contributed by atoms with Crippen molar-refractivity contribution in [3.8, 4) is 0 Å². The number of hydrogen-bond donors (Lipinski definition) is 2. The van der Waals surface area contributed by atoms with Gasteiger partial charge in [-0.25, -0.2) is 4.98 Å². The molecule has 0 unspecified atom stereocenters. The molecule has 6 heteroatoms. The molecule has 0 aromatic carbocycles. The number of carbonyl (C=O) groups excluding carboxylic acids is 1. The molecule has 0 spiro atoms. The first-order chi connectivity index (χ1) is 7.50. The van der Waals surface area contributed by atoms with E-state index in [1.807, 2.05) is 0 Å². The second-order valence-corrected chi connectivity index (χ2v) is 3.33. The Labute approximate surface area is 92.7 Å². The Morgan fingerprint density at radius 3 is 2.81 bits per heavy atom. The molecule has 86 valence electrons. The summed E-state index contributed by atoms with van der Waals surface area (Å²) in [5.41, 5.74) is 5.48. The standard InChI is InChI=1S/C10H13N3O3/c1-13(5-3-9(14)15)8-6-7(10(11)16)2-4-12-8/h2,4,6H,3,5H2,1H3,(H2,11,16)(H,14,15). The smallest absolute Gasteiger partial charge is 0.305 e. The van der Waals surface area contributed by atoms with E-state index in [9.17, 15) is 9.59 Å². The van der Waals surface area contributed by atoms with Crippen LogP contribution >= 0.6 is 0 Å². The third kappa shape index (κ3) is 3.23. The topological polar surface area (TPSA) is 96.5 Å². The zero-order valence-electron chi connectivity index (χ0n) is 8.88. The number of aliphatic carboxylic acids is 1. The van der Waals surface area contributed by atoms with Crippen LogP contribution in [0.25, 0.3) is 0 Å². The number of amides is 1. The minimum absolute atomic E-state index is 0.0129. The first-order valence-electron chi connectivity index (χ1n) is 4.69. The largest absolute Gasteiger partial charge is 0.481 e. The van der Waals surface area contributed by atoms with E-state index in [1.54, 1.807) is 11.9 Å². The Bertz CT molecular complexity index is 406. The molecule has 0 aliphatic rings. The van der Waals surface area contributed by atoms with Gasteiger partial charge in [-0.2, -0.15) is 0 Å². The van der Waals surface area contributed by atoms with E-state index < -0.39 is 11.9 Å². The molecule has 1 aromatic rings. The van der Waals surface area contributed by atoms with Crippen molar-refractivity contribution in [2.45, 2.75) is 6.42 Å². The van der Waals surface area contributed by atoms with E-state index >= 15 is 0 Å². The van der Waals surface area contributed by atoms with Gasteiger partial charge in [0.25, 0.3) is 0 Å². The maximum atomic E-state index is 10.9. The van der Waals surface area contributed by atoms with Crippen LogP contribution in [0.15, 0.2) is 18.3 Å². The van der Waals surface area contributed by atoms with Crippen LogP contribution in [0, 0.1) is 0 Å². The zero-order chi connectivity index (χ0) is 12.1. The van der Waals surface area contributed by atoms with Gasteiger partial charge in [-0.1, -0.05) is 0 Å². The molecule has 6 nitrogen and oxygen atoms in total. The fraction of sp³-hybridized carbons (Fsp3) is 0.300. The molecule has 0 radical (unpaired) electrons. The Morgan fingerprint density at radius 2 is 2.25 bits per heavy atom. The highest BCUT2D eigenvalue weighted by atomic mass is 16.4. The summed E-state index contributed by atoms with van der Waals surface area (Å²) in [7, 11) is 1.70. The summed E-state index contributed by atoms with van der Waals surface area (Å²) in [4.78, 5) is 27.0. The van der Waals surface area contributed by atoms with Gasteiger partial charge in [0, 0.05) is 25.4 Å². The van der Waals surface area contributed by atoms with E-state index in [-0.39, 0.29) is 6.42 Å². The number of nitrogens with zero attached hydrogens (tertiary/aromatic N) is 2. The summed E-state index contributed by atoms with van der Waals surface area (Å²) in [6.45, 7) is 0.324. The van der Waals surface area contributed by atoms with Crippen LogP contribution in [0.1, 0.15) is 16.8 Å². The SMILES string of the molecule is CN(CCC(=O)O)c1cc(C(N)=O)ccn1. The van der Waals surface area contributed by atoms with Gasteiger partial charge >= 0.3 is 5.97 Å². The van der Waals surface area contributed by atoms with Crippen molar-refractivity contribution < 1.29 is 14.7 Å². The Balaban J connectivity index is 2.75. The molecule has 0 aliphatic carbocycles. The van der Waals surface area contributed by atoms with Gasteiger partial charge in [0.15, 0.2) is 0 Å². The number of aromatic nitrogens is 1. The molecule has 0 bridgehead atoms. The fourth-order valence-corrected chi connectivity index (χ4v) is 1.16. The lowest BCUT2D eigenvalue weighted by molar-refractivity contribution is -0.136. The highest BCUT2D eigenvalue weighted by Gasteiger charge is 2.07. The van der Waals surface area contributed by atoms with Crippen molar-refractivity contribution in [3.05, 3.63) is 23.9 Å². The summed E-state index contributed by atoms with van der Waals surface area (Å²) < 4.78 is 0. The normalized spacial score (nSPS) is 9.81. The average molecular weight is 223 g/mol. The van der Waals surface area contributed by atoms with Crippen LogP contribution in [0.4, 0.5) is 5.82 Å². The summed E-state index contributed by atoms with van der Waals surface area (Å²) in [6, 6.07) is 3.04. The highest BCUT2D eigenvalue weighted by Crippen LogP contribution is 2.10. The third-order valence-electron chi connectivity index (χ3n) is 2.08. The molecule has 1 amide bonds. The van der Waals surface area contributed by atoms with E-state index in [2.05, 4.69) is 4.98 Å². The van der Waals surface area contributed by atoms with Gasteiger partial charge in [0.1, 0.15) is 5.82 Å². The monoisotopic (exact) mass is 223 g/mol. The lowest BCUT2D eigenvalue weighted by atomic mass is 10.2. The second-order valence-electron chi connectivity index (χ2n) is 3.33. The van der Waals surface area contributed by atoms with Crippen molar-refractivity contribution in [2.24, 2.45) is 5.73 Å². The molecule has 0 saturated carbocycles. The number of carboxylic acid groups (broad SMARTS) is 1. The molecule has 0 saturated heterocycles. The predicted octanol–water partition coefficient (Wildman–Crippen LogP) is 0.0914. The minimum Gasteiger partial charge on any atom is -0.481 e. The number of hydrogen-bond acceptors (Lipinski definition) is 4. The van der Waals surface area contributed by atoms with Crippen LogP contribution in [0.5, 0.6) is 0 Å². The maximum Gasteiger partial charge on any atom is 0.305 e. The van der Waals surface area contributed by atoms with Gasteiger partial charge in [-0.3, -0.25) is 9.59 Å². The number of primary amides is 1. The van der Waals surface area contributed by atoms with E-state index in [4.69, 9.17) is 10.8 Å². The van der Waals surface area contributed by atoms with Gasteiger partial charge < -0.3 is 15.7 Å². The van der Waals surface area contributed by atoms with Crippen molar-refractivity contribution in [2.75, 3.05) is 18.5 Å². The van der Waals surface area contributed by atoms with Crippen molar-refractivity contribution >= 4 is 17.7 Å². The maximum absolute atomic E-state index is 10.9. The van der Waals surface area contributed by atoms with Crippen LogP contribution in [-0.4, -0.2) is 35.6 Å². The number of carbonyl (C=O) groups is 2. The molecular weight excluding hydrogens is 210 g/mol. The van der Waals surface area contributed by atoms with Crippen LogP contribution in [0.2, 0.25) is 0 Å². The second kappa shape index (κ2) is 5.11. The summed E-state index contributed by atoms with van der Waals surface area (Å²) in [6.07, 6.45) is 1.48. The predicted molar refractivity (Wildman–Crippen MR) is 58.3 cm³/mol. The molecule has 1 rings (SSSR count). The molecule has 0 aliphatic heterocycles. The Kier molecular flexibility index (Phi) is 3.82. The number of pyridine rings is 1. The van der Waals surface area contributed by atoms with Crippen molar-refractivity contribution in [3.63, 3.8) is 0 Å². The van der Waals surface area contributed by atoms with Crippen LogP contribution < -0.4 is 10.6 Å². The fourth-order valence-electron chi connectivity index (χ4n) is 1.16. The molecule has 1 heterocycles. The highest BCUT2D eigenvalue weighted by molar-refractivity contribution is 5.93. The lowest BCUT2D eigenvalue weighted by Gasteiger charge is -2.17. The van der Waals surface area contributed by atoms with Crippen molar-refractivity contribution in [1.29, 1.82) is 0 Å². The number of carboxylic acids is 1. The molecule has 0 fully saturated rings. The molecular formula is C10H13N3O3. The zero-order valence-corrected chi connectivity index (χ0v) is 8.88. The molecule has 0 atom stereocenters. The van der Waals surface area contributed by atoms with E-state index in [0.29, 0.717) is 17.9 Å². The number of anilines is 1. The van der Waals surface area contributed by atoms with Crippen LogP contribution in [-0.2, 0) is 4.79 Å². The number of nitrogens with two attached hydrogens (primary N) is 1. The summed E-state index contributed by atoms with van der Waals surface area (Å²) in [5, 5.41) is 8.53. The van der Waals surface area contributed by atoms with E-state index in [0.717, 1.165) is 0 Å². The minimum atomic E-state index is -0.877. The van der Waals surface area contributed by atoms with Gasteiger partial charge in [-0.05, 0) is 12.1 Å². The van der Waals surface area contributed by atoms with Crippen LogP contribution in [0.3, 0.4) is 0 Å². The third-order valence-corrected chi connectivity index (χ3v) is 2.08. The van der Waals surface area contributed by atoms with Gasteiger partial charge in [0.2, 0.25) is 5.91 Å². The summed E-state index contributed by atoms with van der Waals surface area (Å²) >= 11 is 0. The first-order valence-corrected chi connectivity index (χ1v) is 4.69. The molecule has 1 aromatic heterocycles. The first kappa shape index (κ1) is 12.0. The molecule has 3 N–H and O–H groups in total. The Morgan fingerprint density at radius 1 is 1.56 bits per heavy atom.